The van der Waals surface area contributed by atoms with Crippen LogP contribution in [0.2, 0.25) is 5.02 Å². The molecule has 0 aliphatic heterocycles. The first-order valence-corrected chi connectivity index (χ1v) is 7.97. The molecule has 2 aromatic rings. The zero-order chi connectivity index (χ0) is 16.5. The minimum atomic E-state index is -0.212. The molecule has 0 spiro atoms. The number of hydrogen-bond donors (Lipinski definition) is 2. The van der Waals surface area contributed by atoms with Crippen molar-refractivity contribution in [3.63, 3.8) is 0 Å². The highest BCUT2D eigenvalue weighted by Gasteiger charge is 2.05. The second kappa shape index (κ2) is 9.18. The number of halogens is 1. The van der Waals surface area contributed by atoms with Gasteiger partial charge in [0.1, 0.15) is 0 Å². The van der Waals surface area contributed by atoms with Crippen LogP contribution in [-0.4, -0.2) is 12.6 Å². The summed E-state index contributed by atoms with van der Waals surface area (Å²) in [5.74, 6) is 0. The Morgan fingerprint density at radius 2 is 1.78 bits per heavy atom. The van der Waals surface area contributed by atoms with E-state index in [1.54, 1.807) is 6.07 Å². The summed E-state index contributed by atoms with van der Waals surface area (Å²) in [7, 11) is 0. The molecule has 0 fully saturated rings. The van der Waals surface area contributed by atoms with Crippen molar-refractivity contribution >= 4 is 17.6 Å². The number of carbonyl (C=O) groups is 1. The van der Waals surface area contributed by atoms with Gasteiger partial charge < -0.3 is 15.4 Å². The molecule has 2 aromatic carbocycles. The van der Waals surface area contributed by atoms with Gasteiger partial charge in [0.25, 0.3) is 0 Å². The molecule has 0 heterocycles. The SMILES string of the molecule is CCOCc1ccccc1CNC(=O)NCc1cccc(Cl)c1. The minimum absolute atomic E-state index is 0.212. The first kappa shape index (κ1) is 17.3. The fourth-order valence-electron chi connectivity index (χ4n) is 2.15. The molecule has 0 bridgehead atoms. The van der Waals surface area contributed by atoms with Crippen LogP contribution in [0.3, 0.4) is 0 Å². The van der Waals surface area contributed by atoms with Gasteiger partial charge in [0.2, 0.25) is 0 Å². The third-order valence-corrected chi connectivity index (χ3v) is 3.60. The molecule has 0 radical (unpaired) electrons. The molecule has 2 amide bonds. The van der Waals surface area contributed by atoms with E-state index >= 15 is 0 Å². The molecule has 2 rings (SSSR count). The van der Waals surface area contributed by atoms with Crippen LogP contribution >= 0.6 is 11.6 Å². The molecule has 0 saturated heterocycles. The molecular weight excluding hydrogens is 312 g/mol. The lowest BCUT2D eigenvalue weighted by Crippen LogP contribution is -2.34. The standard InChI is InChI=1S/C18H21ClN2O2/c1-2-23-13-16-8-4-3-7-15(16)12-21-18(22)20-11-14-6-5-9-17(19)10-14/h3-10H,2,11-13H2,1H3,(H2,20,21,22). The number of urea groups is 1. The molecule has 0 saturated carbocycles. The lowest BCUT2D eigenvalue weighted by atomic mass is 10.1. The van der Waals surface area contributed by atoms with Crippen molar-refractivity contribution in [2.24, 2.45) is 0 Å². The van der Waals surface area contributed by atoms with E-state index in [1.165, 1.54) is 0 Å². The van der Waals surface area contributed by atoms with Gasteiger partial charge in [-0.3, -0.25) is 0 Å². The first-order valence-electron chi connectivity index (χ1n) is 7.59. The van der Waals surface area contributed by atoms with Gasteiger partial charge in [0, 0.05) is 24.7 Å². The minimum Gasteiger partial charge on any atom is -0.377 e. The quantitative estimate of drug-likeness (QED) is 0.808. The largest absolute Gasteiger partial charge is 0.377 e. The monoisotopic (exact) mass is 332 g/mol. The van der Waals surface area contributed by atoms with E-state index in [1.807, 2.05) is 49.4 Å². The molecule has 0 aliphatic carbocycles. The van der Waals surface area contributed by atoms with E-state index in [4.69, 9.17) is 16.3 Å². The molecule has 0 aromatic heterocycles. The maximum Gasteiger partial charge on any atom is 0.315 e. The van der Waals surface area contributed by atoms with Crippen LogP contribution in [0.5, 0.6) is 0 Å². The van der Waals surface area contributed by atoms with Crippen molar-refractivity contribution < 1.29 is 9.53 Å². The van der Waals surface area contributed by atoms with E-state index in [0.29, 0.717) is 31.3 Å². The van der Waals surface area contributed by atoms with Crippen molar-refractivity contribution in [2.45, 2.75) is 26.6 Å². The summed E-state index contributed by atoms with van der Waals surface area (Å²) in [5.41, 5.74) is 3.10. The second-order valence-corrected chi connectivity index (χ2v) is 5.51. The zero-order valence-electron chi connectivity index (χ0n) is 13.1. The maximum atomic E-state index is 11.9. The Hall–Kier alpha value is -2.04. The van der Waals surface area contributed by atoms with Crippen molar-refractivity contribution in [2.75, 3.05) is 6.61 Å². The normalized spacial score (nSPS) is 10.3. The molecule has 5 heteroatoms. The van der Waals surface area contributed by atoms with E-state index < -0.39 is 0 Å². The van der Waals surface area contributed by atoms with Crippen LogP contribution in [0.4, 0.5) is 4.79 Å². The lowest BCUT2D eigenvalue weighted by Gasteiger charge is -2.11. The number of hydrogen-bond acceptors (Lipinski definition) is 2. The number of benzene rings is 2. The molecule has 0 aliphatic rings. The lowest BCUT2D eigenvalue weighted by molar-refractivity contribution is 0.133. The molecule has 0 atom stereocenters. The Balaban J connectivity index is 1.82. The number of rotatable bonds is 7. The van der Waals surface area contributed by atoms with Gasteiger partial charge in [0.15, 0.2) is 0 Å². The Morgan fingerprint density at radius 3 is 2.52 bits per heavy atom. The zero-order valence-corrected chi connectivity index (χ0v) is 13.9. The van der Waals surface area contributed by atoms with E-state index in [2.05, 4.69) is 10.6 Å². The molecule has 4 nitrogen and oxygen atoms in total. The number of carbonyl (C=O) groups excluding carboxylic acids is 1. The summed E-state index contributed by atoms with van der Waals surface area (Å²) in [6.45, 7) is 4.09. The number of nitrogens with one attached hydrogen (secondary N) is 2. The first-order chi connectivity index (χ1) is 11.2. The van der Waals surface area contributed by atoms with Crippen molar-refractivity contribution in [1.82, 2.24) is 10.6 Å². The molecule has 122 valence electrons. The Kier molecular flexibility index (Phi) is 6.91. The smallest absolute Gasteiger partial charge is 0.315 e. The van der Waals surface area contributed by atoms with Gasteiger partial charge in [-0.05, 0) is 35.7 Å². The summed E-state index contributed by atoms with van der Waals surface area (Å²) >= 11 is 5.92. The van der Waals surface area contributed by atoms with Crippen LogP contribution in [-0.2, 0) is 24.4 Å². The predicted molar refractivity (Wildman–Crippen MR) is 92.3 cm³/mol. The summed E-state index contributed by atoms with van der Waals surface area (Å²) in [6.07, 6.45) is 0. The van der Waals surface area contributed by atoms with Gasteiger partial charge in [-0.25, -0.2) is 4.79 Å². The number of amides is 2. The molecule has 2 N–H and O–H groups in total. The van der Waals surface area contributed by atoms with Crippen LogP contribution in [0, 0.1) is 0 Å². The van der Waals surface area contributed by atoms with E-state index in [9.17, 15) is 4.79 Å². The third-order valence-electron chi connectivity index (χ3n) is 3.36. The summed E-state index contributed by atoms with van der Waals surface area (Å²) in [6, 6.07) is 15.1. The fraction of sp³-hybridized carbons (Fsp3) is 0.278. The molecule has 0 unspecified atom stereocenters. The Bertz CT molecular complexity index is 646. The van der Waals surface area contributed by atoms with Crippen molar-refractivity contribution in [1.29, 1.82) is 0 Å². The Morgan fingerprint density at radius 1 is 1.04 bits per heavy atom. The highest BCUT2D eigenvalue weighted by atomic mass is 35.5. The van der Waals surface area contributed by atoms with Crippen LogP contribution in [0.15, 0.2) is 48.5 Å². The summed E-state index contributed by atoms with van der Waals surface area (Å²) in [4.78, 5) is 11.9. The highest BCUT2D eigenvalue weighted by molar-refractivity contribution is 6.30. The Labute approximate surface area is 141 Å². The highest BCUT2D eigenvalue weighted by Crippen LogP contribution is 2.11. The van der Waals surface area contributed by atoms with Gasteiger partial charge in [0.05, 0.1) is 6.61 Å². The molecular formula is C18H21ClN2O2. The van der Waals surface area contributed by atoms with Crippen LogP contribution < -0.4 is 10.6 Å². The van der Waals surface area contributed by atoms with Gasteiger partial charge in [-0.15, -0.1) is 0 Å². The van der Waals surface area contributed by atoms with Crippen LogP contribution in [0.1, 0.15) is 23.6 Å². The maximum absolute atomic E-state index is 11.9. The van der Waals surface area contributed by atoms with Crippen molar-refractivity contribution in [3.8, 4) is 0 Å². The number of ether oxygens (including phenoxy) is 1. The van der Waals surface area contributed by atoms with E-state index in [-0.39, 0.29) is 6.03 Å². The molecule has 23 heavy (non-hydrogen) atoms. The average Bonchev–Trinajstić information content (AvgIpc) is 2.57. The van der Waals surface area contributed by atoms with Gasteiger partial charge >= 0.3 is 6.03 Å². The predicted octanol–water partition coefficient (Wildman–Crippen LogP) is 3.88. The van der Waals surface area contributed by atoms with E-state index in [0.717, 1.165) is 16.7 Å². The summed E-state index contributed by atoms with van der Waals surface area (Å²) in [5, 5.41) is 6.34. The van der Waals surface area contributed by atoms with Crippen molar-refractivity contribution in [3.05, 3.63) is 70.2 Å². The van der Waals surface area contributed by atoms with Gasteiger partial charge in [-0.2, -0.15) is 0 Å². The third kappa shape index (κ3) is 5.93. The topological polar surface area (TPSA) is 50.4 Å². The second-order valence-electron chi connectivity index (χ2n) is 5.07. The average molecular weight is 333 g/mol. The fourth-order valence-corrected chi connectivity index (χ4v) is 2.36. The summed E-state index contributed by atoms with van der Waals surface area (Å²) < 4.78 is 5.44. The van der Waals surface area contributed by atoms with Crippen LogP contribution in [0.25, 0.3) is 0 Å². The van der Waals surface area contributed by atoms with Gasteiger partial charge in [-0.1, -0.05) is 48.0 Å².